The number of hydrogen-bond acceptors (Lipinski definition) is 7. The fourth-order valence-corrected chi connectivity index (χ4v) is 12.7. The smallest absolute Gasteiger partial charge is 0.373 e. The lowest BCUT2D eigenvalue weighted by Crippen LogP contribution is -2.20. The molecule has 0 bridgehead atoms. The summed E-state index contributed by atoms with van der Waals surface area (Å²) in [5.41, 5.74) is 9.96. The Morgan fingerprint density at radius 3 is 1.27 bits per heavy atom. The summed E-state index contributed by atoms with van der Waals surface area (Å²) in [6, 6.07) is 64.1. The van der Waals surface area contributed by atoms with E-state index in [0.717, 1.165) is 36.9 Å². The summed E-state index contributed by atoms with van der Waals surface area (Å²) in [6.45, 7) is 21.9. The van der Waals surface area contributed by atoms with Crippen molar-refractivity contribution in [3.8, 4) is 0 Å². The molecule has 8 aromatic carbocycles. The molecule has 3 saturated heterocycles. The molecular weight excluding hydrogens is 994 g/mol. The monoisotopic (exact) mass is 1080 g/mol. The van der Waals surface area contributed by atoms with Crippen molar-refractivity contribution in [3.63, 3.8) is 0 Å². The van der Waals surface area contributed by atoms with E-state index in [1.54, 1.807) is 0 Å². The minimum atomic E-state index is 0. The van der Waals surface area contributed by atoms with Gasteiger partial charge in [0, 0.05) is 46.0 Å². The summed E-state index contributed by atoms with van der Waals surface area (Å²) in [5.74, 6) is 4.16. The molecule has 3 aliphatic heterocycles. The van der Waals surface area contributed by atoms with Crippen molar-refractivity contribution in [2.75, 3.05) is 49.1 Å². The SMILES string of the molecule is C.C.C[C@@H](C[C@H]1CCN(c2ccc(CC(C)(C)C)cc2)C1)c1cccc2ccccc12.C[C@@H](C[C@H]1CCN(c2ccc(COC=O)cc2)C1)c1cccc2ccccc12.C[C@@H](C[C@H]1CCNC1)c1cccc2ccccc12.O=C=O.[B]. The summed E-state index contributed by atoms with van der Waals surface area (Å²) in [4.78, 5) is 31.6. The van der Waals surface area contributed by atoms with Crippen LogP contribution in [-0.4, -0.2) is 60.3 Å². The van der Waals surface area contributed by atoms with Crippen molar-refractivity contribution in [3.05, 3.63) is 204 Å². The first-order chi connectivity index (χ1) is 37.9. The summed E-state index contributed by atoms with van der Waals surface area (Å²) < 4.78 is 4.82. The van der Waals surface area contributed by atoms with Crippen LogP contribution in [0.5, 0.6) is 0 Å². The van der Waals surface area contributed by atoms with Gasteiger partial charge in [0.2, 0.25) is 0 Å². The third-order valence-electron chi connectivity index (χ3n) is 16.5. The van der Waals surface area contributed by atoms with Crippen molar-refractivity contribution < 1.29 is 19.1 Å². The first-order valence-electron chi connectivity index (χ1n) is 28.8. The van der Waals surface area contributed by atoms with Gasteiger partial charge in [-0.25, -0.2) is 0 Å². The number of fused-ring (bicyclic) bond motifs is 3. The second-order valence-corrected chi connectivity index (χ2v) is 23.7. The molecule has 0 unspecified atom stereocenters. The van der Waals surface area contributed by atoms with Crippen LogP contribution in [0.2, 0.25) is 0 Å². The molecule has 425 valence electrons. The Kier molecular flexibility index (Phi) is 25.5. The number of hydrogen-bond donors (Lipinski definition) is 1. The van der Waals surface area contributed by atoms with Crippen molar-refractivity contribution in [2.24, 2.45) is 23.2 Å². The first kappa shape index (κ1) is 64.8. The summed E-state index contributed by atoms with van der Waals surface area (Å²) in [5, 5.41) is 11.8. The zero-order chi connectivity index (χ0) is 54.9. The molecule has 7 nitrogen and oxygen atoms in total. The zero-order valence-electron chi connectivity index (χ0n) is 47.8. The molecule has 0 spiro atoms. The van der Waals surface area contributed by atoms with Gasteiger partial charge in [-0.15, -0.1) is 0 Å². The van der Waals surface area contributed by atoms with Gasteiger partial charge < -0.3 is 19.9 Å². The van der Waals surface area contributed by atoms with E-state index in [9.17, 15) is 4.79 Å². The number of nitrogens with one attached hydrogen (secondary N) is 1. The molecular formula is C73H91BN3O4. The third-order valence-corrected chi connectivity index (χ3v) is 16.5. The van der Waals surface area contributed by atoms with Crippen LogP contribution in [0, 0.1) is 23.2 Å². The van der Waals surface area contributed by atoms with Crippen LogP contribution >= 0.6 is 0 Å². The Hall–Kier alpha value is -6.99. The number of carbonyl (C=O) groups excluding carboxylic acids is 3. The molecule has 0 aromatic heterocycles. The predicted octanol–water partition coefficient (Wildman–Crippen LogP) is 17.2. The molecule has 3 radical (unpaired) electrons. The Balaban J connectivity index is 0.000000219. The van der Waals surface area contributed by atoms with Gasteiger partial charge in [0.1, 0.15) is 6.61 Å². The van der Waals surface area contributed by atoms with E-state index in [4.69, 9.17) is 14.3 Å². The van der Waals surface area contributed by atoms with E-state index < -0.39 is 0 Å². The maximum absolute atomic E-state index is 10.3. The van der Waals surface area contributed by atoms with Crippen LogP contribution in [0.3, 0.4) is 0 Å². The van der Waals surface area contributed by atoms with Crippen LogP contribution < -0.4 is 15.1 Å². The molecule has 8 heteroatoms. The van der Waals surface area contributed by atoms with Gasteiger partial charge in [0.25, 0.3) is 6.47 Å². The minimum Gasteiger partial charge on any atom is -0.463 e. The van der Waals surface area contributed by atoms with Gasteiger partial charge in [-0.2, -0.15) is 9.59 Å². The number of benzene rings is 8. The van der Waals surface area contributed by atoms with Gasteiger partial charge in [-0.05, 0) is 183 Å². The average Bonchev–Trinajstić information content (AvgIpc) is 4.27. The fraction of sp³-hybridized carbons (Fsp3) is 0.397. The zero-order valence-corrected chi connectivity index (χ0v) is 47.8. The molecule has 0 aliphatic carbocycles. The summed E-state index contributed by atoms with van der Waals surface area (Å²) >= 11 is 0. The lowest BCUT2D eigenvalue weighted by molar-refractivity contribution is -0.191. The molecule has 3 heterocycles. The molecule has 3 aliphatic rings. The number of anilines is 2. The van der Waals surface area contributed by atoms with E-state index in [-0.39, 0.29) is 29.4 Å². The maximum Gasteiger partial charge on any atom is 0.373 e. The Morgan fingerprint density at radius 1 is 0.531 bits per heavy atom. The highest BCUT2D eigenvalue weighted by Crippen LogP contribution is 2.37. The van der Waals surface area contributed by atoms with Gasteiger partial charge in [0.05, 0.1) is 0 Å². The van der Waals surface area contributed by atoms with Crippen LogP contribution in [0.25, 0.3) is 32.3 Å². The molecule has 1 N–H and O–H groups in total. The lowest BCUT2D eigenvalue weighted by Gasteiger charge is -2.22. The second-order valence-electron chi connectivity index (χ2n) is 23.7. The fourth-order valence-electron chi connectivity index (χ4n) is 12.7. The number of carbonyl (C=O) groups is 1. The predicted molar refractivity (Wildman–Crippen MR) is 344 cm³/mol. The molecule has 3 fully saturated rings. The van der Waals surface area contributed by atoms with Crippen molar-refractivity contribution in [1.29, 1.82) is 0 Å². The Bertz CT molecular complexity index is 3160. The third kappa shape index (κ3) is 18.3. The van der Waals surface area contributed by atoms with Gasteiger partial charge in [0.15, 0.2) is 0 Å². The van der Waals surface area contributed by atoms with Crippen LogP contribution in [0.1, 0.15) is 140 Å². The van der Waals surface area contributed by atoms with Crippen molar-refractivity contribution >= 4 is 64.7 Å². The Morgan fingerprint density at radius 2 is 0.901 bits per heavy atom. The van der Waals surface area contributed by atoms with Crippen molar-refractivity contribution in [1.82, 2.24) is 5.32 Å². The molecule has 0 amide bonds. The lowest BCUT2D eigenvalue weighted by atomic mass is 9.87. The van der Waals surface area contributed by atoms with E-state index in [2.05, 4.69) is 220 Å². The normalized spacial score (nSPS) is 17.5. The highest BCUT2D eigenvalue weighted by molar-refractivity contribution is 5.87. The van der Waals surface area contributed by atoms with E-state index in [0.29, 0.717) is 42.2 Å². The van der Waals surface area contributed by atoms with Gasteiger partial charge in [-0.3, -0.25) is 4.79 Å². The second kappa shape index (κ2) is 31.9. The maximum atomic E-state index is 10.3. The van der Waals surface area contributed by atoms with E-state index in [1.165, 1.54) is 131 Å². The van der Waals surface area contributed by atoms with E-state index in [1.807, 2.05) is 12.1 Å². The molecule has 6 atom stereocenters. The summed E-state index contributed by atoms with van der Waals surface area (Å²) in [7, 11) is 0. The largest absolute Gasteiger partial charge is 0.463 e. The minimum absolute atomic E-state index is 0. The molecule has 81 heavy (non-hydrogen) atoms. The standard InChI is InChI=1S/C28H35N.C25H27NO2.C17H21N.CO2.2CH4.B/c1-21(26-11-7-9-24-8-5-6-10-27(24)26)18-23-16-17-29(20-23)25-14-12-22(13-15-25)19-28(2,3)4;1-19(24-8-4-6-22-5-2-3-7-25(22)24)15-21-13-14-26(16-21)23-11-9-20(10-12-23)17-28-18-27;1-13(11-14-9-10-18-12-14)16-8-4-6-15-5-2-3-7-17(15)16;2-1-3;;;/h5-15,21,23H,16-20H2,1-4H3;2-12,18-19,21H,13-17H2,1H3;2-8,13-14,18H,9-12H2,1H3;;2*1H4;/t21-,23+;19-,21+;13-,14+;;;;/m000..../s1. The highest BCUT2D eigenvalue weighted by Gasteiger charge is 2.27. The quantitative estimate of drug-likeness (QED) is 0.0809. The average molecular weight is 1090 g/mol. The highest BCUT2D eigenvalue weighted by atomic mass is 16.5. The topological polar surface area (TPSA) is 79.0 Å². The van der Waals surface area contributed by atoms with Crippen molar-refractivity contribution in [2.45, 2.75) is 126 Å². The van der Waals surface area contributed by atoms with Crippen LogP contribution in [0.15, 0.2) is 176 Å². The first-order valence-corrected chi connectivity index (χ1v) is 28.8. The molecule has 0 saturated carbocycles. The van der Waals surface area contributed by atoms with Crippen LogP contribution in [-0.2, 0) is 32.1 Å². The van der Waals surface area contributed by atoms with Gasteiger partial charge >= 0.3 is 6.15 Å². The summed E-state index contributed by atoms with van der Waals surface area (Å²) in [6.07, 6.45) is 9.07. The number of ether oxygens (including phenoxy) is 1. The number of nitrogens with zero attached hydrogens (tertiary/aromatic N) is 2. The molecule has 11 rings (SSSR count). The molecule has 8 aromatic rings. The number of rotatable bonds is 15. The Labute approximate surface area is 488 Å². The van der Waals surface area contributed by atoms with Gasteiger partial charge in [-0.1, -0.05) is 208 Å². The van der Waals surface area contributed by atoms with E-state index >= 15 is 0 Å². The van der Waals surface area contributed by atoms with Crippen LogP contribution in [0.4, 0.5) is 11.4 Å².